The van der Waals surface area contributed by atoms with Gasteiger partial charge in [-0.3, -0.25) is 0 Å². The van der Waals surface area contributed by atoms with Crippen LogP contribution in [0.3, 0.4) is 0 Å². The SMILES string of the molecule is [Ho][n]1nnc2ccccc21. The van der Waals surface area contributed by atoms with Crippen molar-refractivity contribution in [2.45, 2.75) is 0 Å². The normalized spacial score (nSPS) is 10.6. The molecule has 0 fully saturated rings. The van der Waals surface area contributed by atoms with Gasteiger partial charge in [-0.2, -0.15) is 0 Å². The van der Waals surface area contributed by atoms with Crippen molar-refractivity contribution in [3.63, 3.8) is 0 Å². The molecule has 10 heavy (non-hydrogen) atoms. The van der Waals surface area contributed by atoms with Crippen LogP contribution in [0.25, 0.3) is 11.0 Å². The third-order valence-electron chi connectivity index (χ3n) is 1.29. The molecule has 0 aliphatic carbocycles. The summed E-state index contributed by atoms with van der Waals surface area (Å²) in [6, 6.07) is 7.84. The Bertz CT molecular complexity index is 355. The molecule has 0 unspecified atom stereocenters. The van der Waals surface area contributed by atoms with Gasteiger partial charge in [0.1, 0.15) is 0 Å². The summed E-state index contributed by atoms with van der Waals surface area (Å²) in [6.07, 6.45) is 0. The molecule has 0 amide bonds. The second-order valence-corrected chi connectivity index (χ2v) is 2.73. The first-order valence-corrected chi connectivity index (χ1v) is 3.67. The number of hydrogen-bond donors (Lipinski definition) is 0. The van der Waals surface area contributed by atoms with Crippen LogP contribution in [0.2, 0.25) is 0 Å². The number of benzene rings is 1. The zero-order chi connectivity index (χ0) is 6.97. The Labute approximate surface area is 82.3 Å². The Hall–Kier alpha value is -0.120. The van der Waals surface area contributed by atoms with Crippen molar-refractivity contribution < 1.29 is 36.2 Å². The van der Waals surface area contributed by atoms with E-state index < -0.39 is 0 Å². The van der Waals surface area contributed by atoms with Crippen molar-refractivity contribution in [2.24, 2.45) is 0 Å². The zero-order valence-corrected chi connectivity index (χ0v) is 6.89. The van der Waals surface area contributed by atoms with Gasteiger partial charge in [-0.1, -0.05) is 0 Å². The van der Waals surface area contributed by atoms with Gasteiger partial charge in [-0.05, 0) is 0 Å². The van der Waals surface area contributed by atoms with Gasteiger partial charge in [-0.25, -0.2) is 0 Å². The molecule has 0 saturated carbocycles. The molecular weight excluding hydrogens is 279 g/mol. The van der Waals surface area contributed by atoms with Crippen LogP contribution in [0.5, 0.6) is 0 Å². The number of hydrogen-bond acceptors (Lipinski definition) is 2. The van der Waals surface area contributed by atoms with Crippen LogP contribution < -0.4 is 0 Å². The number of para-hydroxylation sites is 1. The van der Waals surface area contributed by atoms with E-state index >= 15 is 0 Å². The van der Waals surface area contributed by atoms with Crippen LogP contribution in [0.1, 0.15) is 0 Å². The molecule has 2 rings (SSSR count). The van der Waals surface area contributed by atoms with Crippen LogP contribution in [-0.2, 0) is 0 Å². The van der Waals surface area contributed by atoms with Crippen LogP contribution >= 0.6 is 0 Å². The molecule has 0 spiro atoms. The van der Waals surface area contributed by atoms with Crippen LogP contribution in [0, 0.1) is 36.2 Å². The van der Waals surface area contributed by atoms with Gasteiger partial charge >= 0.3 is 82.9 Å². The third-order valence-corrected chi connectivity index (χ3v) is 1.93. The number of nitrogens with zero attached hydrogens (tertiary/aromatic N) is 3. The van der Waals surface area contributed by atoms with Crippen molar-refractivity contribution >= 4 is 11.0 Å². The van der Waals surface area contributed by atoms with Crippen molar-refractivity contribution in [3.8, 4) is 0 Å². The summed E-state index contributed by atoms with van der Waals surface area (Å²) >= 11 is 2.28. The molecule has 1 aromatic heterocycles. The van der Waals surface area contributed by atoms with Gasteiger partial charge in [0.05, 0.1) is 0 Å². The monoisotopic (exact) mass is 283 g/mol. The second-order valence-electron chi connectivity index (χ2n) is 1.91. The molecule has 4 heteroatoms. The summed E-state index contributed by atoms with van der Waals surface area (Å²) in [4.78, 5) is 0. The third kappa shape index (κ3) is 0.944. The van der Waals surface area contributed by atoms with E-state index in [1.807, 2.05) is 24.3 Å². The van der Waals surface area contributed by atoms with Gasteiger partial charge in [0.2, 0.25) is 0 Å². The Kier molecular flexibility index (Phi) is 1.64. The quantitative estimate of drug-likeness (QED) is 0.668. The van der Waals surface area contributed by atoms with Gasteiger partial charge in [0.15, 0.2) is 0 Å². The van der Waals surface area contributed by atoms with Gasteiger partial charge in [-0.15, -0.1) is 0 Å². The van der Waals surface area contributed by atoms with E-state index in [-0.39, 0.29) is 0 Å². The summed E-state index contributed by atoms with van der Waals surface area (Å²) in [5.41, 5.74) is 1.98. The first kappa shape index (κ1) is 6.58. The Morgan fingerprint density at radius 2 is 2.10 bits per heavy atom. The Balaban J connectivity index is 2.93. The van der Waals surface area contributed by atoms with Crippen LogP contribution in [0.15, 0.2) is 24.3 Å². The van der Waals surface area contributed by atoms with Gasteiger partial charge in [0.25, 0.3) is 0 Å². The van der Waals surface area contributed by atoms with E-state index in [2.05, 4.69) is 46.5 Å². The fourth-order valence-electron chi connectivity index (χ4n) is 0.823. The average Bonchev–Trinajstić information content (AvgIpc) is 2.34. The predicted octanol–water partition coefficient (Wildman–Crippen LogP) is 0.744. The molecular formula is C6H4HoN3. The van der Waals surface area contributed by atoms with E-state index in [1.165, 1.54) is 0 Å². The van der Waals surface area contributed by atoms with Crippen LogP contribution in [0.4, 0.5) is 0 Å². The maximum atomic E-state index is 3.92. The van der Waals surface area contributed by atoms with Gasteiger partial charge in [0, 0.05) is 0 Å². The first-order chi connectivity index (χ1) is 4.88. The topological polar surface area (TPSA) is 30.7 Å². The first-order valence-electron chi connectivity index (χ1n) is 2.81. The fourth-order valence-corrected chi connectivity index (χ4v) is 1.27. The molecule has 0 N–H and O–H groups in total. The summed E-state index contributed by atoms with van der Waals surface area (Å²) in [6.45, 7) is 0. The van der Waals surface area contributed by atoms with Crippen molar-refractivity contribution in [3.05, 3.63) is 24.3 Å². The average molecular weight is 283 g/mol. The van der Waals surface area contributed by atoms with Gasteiger partial charge < -0.3 is 0 Å². The number of rotatable bonds is 0. The minimum absolute atomic E-state index is 0.935. The number of aromatic nitrogens is 3. The molecule has 54 valence electrons. The molecule has 0 aliphatic heterocycles. The van der Waals surface area contributed by atoms with E-state index in [9.17, 15) is 0 Å². The summed E-state index contributed by atoms with van der Waals surface area (Å²) < 4.78 is 1.70. The fraction of sp³-hybridized carbons (Fsp3) is 0. The van der Waals surface area contributed by atoms with Crippen molar-refractivity contribution in [1.82, 2.24) is 11.5 Å². The molecule has 2 aromatic rings. The molecule has 0 aliphatic rings. The molecule has 0 atom stereocenters. The Morgan fingerprint density at radius 3 is 2.90 bits per heavy atom. The molecule has 0 bridgehead atoms. The zero-order valence-electron chi connectivity index (χ0n) is 4.95. The van der Waals surface area contributed by atoms with Crippen molar-refractivity contribution in [2.75, 3.05) is 0 Å². The number of fused-ring (bicyclic) bond motifs is 1. The maximum absolute atomic E-state index is 3.92. The summed E-state index contributed by atoms with van der Waals surface area (Å²) in [5.74, 6) is 0. The van der Waals surface area contributed by atoms with E-state index in [0.717, 1.165) is 11.0 Å². The van der Waals surface area contributed by atoms with E-state index in [1.54, 1.807) is 1.17 Å². The molecule has 0 radical (unpaired) electrons. The standard InChI is InChI=1S/C6H4N3.Ho/c1-2-4-6-5(3-1)7-9-8-6;/h1-4H;/q-1;+1. The Morgan fingerprint density at radius 1 is 1.30 bits per heavy atom. The predicted molar refractivity (Wildman–Crippen MR) is 32.9 cm³/mol. The molecule has 1 heterocycles. The summed E-state index contributed by atoms with van der Waals surface area (Å²) in [5, 5.41) is 7.76. The summed E-state index contributed by atoms with van der Waals surface area (Å²) in [7, 11) is 0. The molecule has 1 aromatic carbocycles. The van der Waals surface area contributed by atoms with E-state index in [4.69, 9.17) is 0 Å². The van der Waals surface area contributed by atoms with E-state index in [0.29, 0.717) is 0 Å². The minimum atomic E-state index is 0.935. The van der Waals surface area contributed by atoms with Crippen molar-refractivity contribution in [1.29, 1.82) is 0 Å². The second kappa shape index (κ2) is 2.49. The molecule has 0 saturated heterocycles. The van der Waals surface area contributed by atoms with Crippen LogP contribution in [-0.4, -0.2) is 11.5 Å². The molecule has 3 nitrogen and oxygen atoms in total.